The lowest BCUT2D eigenvalue weighted by Crippen LogP contribution is -2.51. The molecule has 154 valence electrons. The molecular weight excluding hydrogens is 388 g/mol. The Bertz CT molecular complexity index is 1320. The minimum absolute atomic E-state index is 0.135. The van der Waals surface area contributed by atoms with E-state index < -0.39 is 0 Å². The van der Waals surface area contributed by atoms with Crippen molar-refractivity contribution >= 4 is 27.8 Å². The Morgan fingerprint density at radius 1 is 1.19 bits per heavy atom. The molecule has 0 amide bonds. The number of aromatic amines is 1. The van der Waals surface area contributed by atoms with Crippen molar-refractivity contribution in [2.75, 3.05) is 24.5 Å². The van der Waals surface area contributed by atoms with Crippen LogP contribution in [0.3, 0.4) is 0 Å². The Labute approximate surface area is 179 Å². The zero-order chi connectivity index (χ0) is 20.8. The number of piperazine rings is 1. The first-order chi connectivity index (χ1) is 15.3. The van der Waals surface area contributed by atoms with Crippen LogP contribution in [0, 0.1) is 11.3 Å². The predicted octanol–water partition coefficient (Wildman–Crippen LogP) is 3.14. The van der Waals surface area contributed by atoms with E-state index in [2.05, 4.69) is 31.2 Å². The summed E-state index contributed by atoms with van der Waals surface area (Å²) in [6, 6.07) is 6.41. The first-order valence-electron chi connectivity index (χ1n) is 10.7. The van der Waals surface area contributed by atoms with Gasteiger partial charge < -0.3 is 15.2 Å². The van der Waals surface area contributed by atoms with Crippen molar-refractivity contribution in [1.82, 2.24) is 30.2 Å². The number of rotatable bonds is 4. The van der Waals surface area contributed by atoms with Crippen LogP contribution >= 0.6 is 0 Å². The van der Waals surface area contributed by atoms with Gasteiger partial charge in [-0.2, -0.15) is 5.26 Å². The summed E-state index contributed by atoms with van der Waals surface area (Å²) in [4.78, 5) is 24.5. The van der Waals surface area contributed by atoms with Gasteiger partial charge in [0, 0.05) is 60.6 Å². The van der Waals surface area contributed by atoms with Gasteiger partial charge in [-0.1, -0.05) is 0 Å². The van der Waals surface area contributed by atoms with E-state index in [1.54, 1.807) is 6.20 Å². The maximum absolute atomic E-state index is 9.19. The molecule has 0 radical (unpaired) electrons. The number of H-pyrrole nitrogens is 1. The highest BCUT2D eigenvalue weighted by atomic mass is 15.3. The first kappa shape index (κ1) is 18.2. The number of anilines is 1. The maximum Gasteiger partial charge on any atom is 0.163 e. The zero-order valence-corrected chi connectivity index (χ0v) is 17.0. The van der Waals surface area contributed by atoms with Crippen LogP contribution < -0.4 is 10.2 Å². The van der Waals surface area contributed by atoms with Crippen LogP contribution in [0.15, 0.2) is 36.9 Å². The molecule has 4 aromatic heterocycles. The molecule has 2 N–H and O–H groups in total. The second-order valence-electron chi connectivity index (χ2n) is 8.33. The normalized spacial score (nSPS) is 19.1. The van der Waals surface area contributed by atoms with Gasteiger partial charge in [-0.15, -0.1) is 0 Å². The first-order valence-corrected chi connectivity index (χ1v) is 10.7. The van der Waals surface area contributed by atoms with E-state index in [9.17, 15) is 5.26 Å². The summed E-state index contributed by atoms with van der Waals surface area (Å²) in [5.74, 6) is 2.17. The van der Waals surface area contributed by atoms with Gasteiger partial charge in [-0.25, -0.2) is 15.0 Å². The van der Waals surface area contributed by atoms with E-state index in [0.29, 0.717) is 18.2 Å². The van der Waals surface area contributed by atoms with Crippen LogP contribution in [-0.4, -0.2) is 50.6 Å². The summed E-state index contributed by atoms with van der Waals surface area (Å²) in [7, 11) is 0. The molecule has 1 unspecified atom stereocenters. The highest BCUT2D eigenvalue weighted by Crippen LogP contribution is 2.45. The Morgan fingerprint density at radius 2 is 2.13 bits per heavy atom. The molecule has 0 spiro atoms. The van der Waals surface area contributed by atoms with Crippen LogP contribution in [0.2, 0.25) is 0 Å². The molecule has 8 heteroatoms. The van der Waals surface area contributed by atoms with Crippen LogP contribution in [0.25, 0.3) is 33.3 Å². The number of nitrogens with zero attached hydrogens (tertiary/aromatic N) is 6. The van der Waals surface area contributed by atoms with E-state index in [-0.39, 0.29) is 6.04 Å². The topological polar surface area (TPSA) is 106 Å². The van der Waals surface area contributed by atoms with Gasteiger partial charge in [-0.3, -0.25) is 4.98 Å². The standard InChI is InChI=1S/C23H22N8/c24-6-3-15-13-31(10-9-26-15)23-20-18(14-1-2-14)11-25-12-19(20)29-22(30-23)17-5-8-28-21-16(17)4-7-27-21/h4-5,7-8,11-12,14-15,26H,1-3,9-10,13H2,(H,27,28). The van der Waals surface area contributed by atoms with E-state index >= 15 is 0 Å². The summed E-state index contributed by atoms with van der Waals surface area (Å²) in [5.41, 5.74) is 3.90. The van der Waals surface area contributed by atoms with Crippen molar-refractivity contribution in [2.24, 2.45) is 0 Å². The molecule has 1 aliphatic carbocycles. The molecule has 2 fully saturated rings. The van der Waals surface area contributed by atoms with Gasteiger partial charge in [0.05, 0.1) is 24.2 Å². The molecule has 2 aliphatic rings. The molecule has 1 aliphatic heterocycles. The molecular formula is C23H22N8. The van der Waals surface area contributed by atoms with Crippen LogP contribution in [0.1, 0.15) is 30.7 Å². The summed E-state index contributed by atoms with van der Waals surface area (Å²) in [5, 5.41) is 14.8. The summed E-state index contributed by atoms with van der Waals surface area (Å²) >= 11 is 0. The zero-order valence-electron chi connectivity index (χ0n) is 17.0. The molecule has 1 atom stereocenters. The molecule has 4 aromatic rings. The third-order valence-electron chi connectivity index (χ3n) is 6.23. The van der Waals surface area contributed by atoms with Gasteiger partial charge in [0.2, 0.25) is 0 Å². The lowest BCUT2D eigenvalue weighted by molar-refractivity contribution is 0.461. The molecule has 0 bridgehead atoms. The van der Waals surface area contributed by atoms with Crippen LogP contribution in [0.4, 0.5) is 5.82 Å². The smallest absolute Gasteiger partial charge is 0.163 e. The van der Waals surface area contributed by atoms with Crippen molar-refractivity contribution < 1.29 is 0 Å². The van der Waals surface area contributed by atoms with E-state index in [1.807, 2.05) is 30.7 Å². The van der Waals surface area contributed by atoms with Gasteiger partial charge in [-0.05, 0) is 36.5 Å². The Balaban J connectivity index is 1.56. The fourth-order valence-electron chi connectivity index (χ4n) is 4.56. The molecule has 5 heterocycles. The van der Waals surface area contributed by atoms with Gasteiger partial charge >= 0.3 is 0 Å². The van der Waals surface area contributed by atoms with E-state index in [1.165, 1.54) is 18.4 Å². The Morgan fingerprint density at radius 3 is 3.00 bits per heavy atom. The minimum Gasteiger partial charge on any atom is -0.353 e. The molecule has 31 heavy (non-hydrogen) atoms. The third-order valence-corrected chi connectivity index (χ3v) is 6.23. The number of nitrogens with one attached hydrogen (secondary N) is 2. The molecule has 6 rings (SSSR count). The number of pyridine rings is 2. The van der Waals surface area contributed by atoms with Gasteiger partial charge in [0.15, 0.2) is 5.82 Å². The number of aromatic nitrogens is 5. The van der Waals surface area contributed by atoms with Crippen molar-refractivity contribution in [3.8, 4) is 17.5 Å². The van der Waals surface area contributed by atoms with E-state index in [0.717, 1.165) is 53.0 Å². The van der Waals surface area contributed by atoms with E-state index in [4.69, 9.17) is 9.97 Å². The summed E-state index contributed by atoms with van der Waals surface area (Å²) in [6.45, 7) is 2.42. The lowest BCUT2D eigenvalue weighted by Gasteiger charge is -2.34. The quantitative estimate of drug-likeness (QED) is 0.532. The number of hydrogen-bond donors (Lipinski definition) is 2. The SMILES string of the molecule is N#CCC1CN(c2nc(-c3ccnc4[nH]ccc34)nc3cncc(C4CC4)c23)CCN1. The van der Waals surface area contributed by atoms with Gasteiger partial charge in [0.25, 0.3) is 0 Å². The number of hydrogen-bond acceptors (Lipinski definition) is 7. The van der Waals surface area contributed by atoms with Crippen LogP contribution in [-0.2, 0) is 0 Å². The Hall–Kier alpha value is -3.57. The fourth-order valence-corrected chi connectivity index (χ4v) is 4.56. The third kappa shape index (κ3) is 3.18. The fraction of sp³-hybridized carbons (Fsp3) is 0.348. The predicted molar refractivity (Wildman–Crippen MR) is 119 cm³/mol. The number of fused-ring (bicyclic) bond motifs is 2. The molecule has 1 saturated heterocycles. The largest absolute Gasteiger partial charge is 0.353 e. The Kier molecular flexibility index (Phi) is 4.28. The maximum atomic E-state index is 9.19. The highest BCUT2D eigenvalue weighted by molar-refractivity contribution is 5.97. The summed E-state index contributed by atoms with van der Waals surface area (Å²) < 4.78 is 0. The van der Waals surface area contributed by atoms with Crippen molar-refractivity contribution in [3.05, 3.63) is 42.5 Å². The second-order valence-corrected chi connectivity index (χ2v) is 8.33. The molecule has 0 aromatic carbocycles. The summed E-state index contributed by atoms with van der Waals surface area (Å²) in [6.07, 6.45) is 10.4. The monoisotopic (exact) mass is 410 g/mol. The van der Waals surface area contributed by atoms with Crippen molar-refractivity contribution in [1.29, 1.82) is 5.26 Å². The minimum atomic E-state index is 0.135. The average molecular weight is 410 g/mol. The van der Waals surface area contributed by atoms with Crippen molar-refractivity contribution in [2.45, 2.75) is 31.2 Å². The highest BCUT2D eigenvalue weighted by Gasteiger charge is 2.30. The molecule has 8 nitrogen and oxygen atoms in total. The number of nitriles is 1. The molecule has 1 saturated carbocycles. The lowest BCUT2D eigenvalue weighted by atomic mass is 10.1. The van der Waals surface area contributed by atoms with Crippen LogP contribution in [0.5, 0.6) is 0 Å². The second kappa shape index (κ2) is 7.29. The van der Waals surface area contributed by atoms with Crippen molar-refractivity contribution in [3.63, 3.8) is 0 Å². The van der Waals surface area contributed by atoms with Gasteiger partial charge in [0.1, 0.15) is 11.5 Å². The average Bonchev–Trinajstić information content (AvgIpc) is 3.54.